The van der Waals surface area contributed by atoms with E-state index in [9.17, 15) is 9.90 Å². The number of ether oxygens (including phenoxy) is 1. The van der Waals surface area contributed by atoms with Gasteiger partial charge in [-0.25, -0.2) is 0 Å². The van der Waals surface area contributed by atoms with Gasteiger partial charge in [-0.15, -0.1) is 0 Å². The number of aliphatic hydroxyl groups excluding tert-OH is 1. The van der Waals surface area contributed by atoms with Crippen molar-refractivity contribution in [3.05, 3.63) is 35.4 Å². The molecule has 0 fully saturated rings. The molecular formula is C15H23NO3. The van der Waals surface area contributed by atoms with Crippen molar-refractivity contribution in [2.24, 2.45) is 0 Å². The van der Waals surface area contributed by atoms with E-state index in [0.717, 1.165) is 5.56 Å². The largest absolute Gasteiger partial charge is 0.466 e. The molecule has 1 aromatic carbocycles. The van der Waals surface area contributed by atoms with Crippen LogP contribution in [-0.2, 0) is 9.53 Å². The topological polar surface area (TPSA) is 58.6 Å². The summed E-state index contributed by atoms with van der Waals surface area (Å²) in [5.74, 6) is -0.361. The number of nitrogens with one attached hydrogen (secondary N) is 1. The monoisotopic (exact) mass is 265 g/mol. The summed E-state index contributed by atoms with van der Waals surface area (Å²) >= 11 is 0. The Morgan fingerprint density at radius 1 is 1.37 bits per heavy atom. The Bertz CT molecular complexity index is 389. The molecule has 0 saturated carbocycles. The van der Waals surface area contributed by atoms with Crippen LogP contribution >= 0.6 is 0 Å². The van der Waals surface area contributed by atoms with Gasteiger partial charge in [-0.2, -0.15) is 0 Å². The maximum atomic E-state index is 11.2. The third-order valence-corrected chi connectivity index (χ3v) is 2.94. The number of aliphatic hydroxyl groups is 1. The first-order valence-electron chi connectivity index (χ1n) is 6.66. The minimum absolute atomic E-state index is 0.0292. The van der Waals surface area contributed by atoms with Crippen molar-refractivity contribution in [1.82, 2.24) is 5.32 Å². The number of rotatable bonds is 7. The normalized spacial score (nSPS) is 13.9. The second-order valence-corrected chi connectivity index (χ2v) is 4.70. The molecule has 0 radical (unpaired) electrons. The first-order chi connectivity index (χ1) is 9.02. The van der Waals surface area contributed by atoms with Crippen LogP contribution in [0.25, 0.3) is 0 Å². The molecule has 2 atom stereocenters. The van der Waals surface area contributed by atoms with Gasteiger partial charge >= 0.3 is 5.97 Å². The van der Waals surface area contributed by atoms with Crippen LogP contribution < -0.4 is 5.32 Å². The van der Waals surface area contributed by atoms with E-state index in [2.05, 4.69) is 29.6 Å². The van der Waals surface area contributed by atoms with Gasteiger partial charge in [0.15, 0.2) is 0 Å². The standard InChI is InChI=1S/C15H23NO3/c1-4-19-15(18)9-14(17)10-16-12(3)13-7-5-11(2)6-8-13/h5-8,12,14,16-17H,4,9-10H2,1-3H3/t12-,14?/m1/s1. The van der Waals surface area contributed by atoms with Gasteiger partial charge in [-0.1, -0.05) is 29.8 Å². The Kier molecular flexibility index (Phi) is 6.53. The van der Waals surface area contributed by atoms with Crippen LogP contribution in [0.4, 0.5) is 0 Å². The van der Waals surface area contributed by atoms with E-state index in [1.165, 1.54) is 5.56 Å². The summed E-state index contributed by atoms with van der Waals surface area (Å²) in [6, 6.07) is 8.37. The van der Waals surface area contributed by atoms with Gasteiger partial charge in [0.25, 0.3) is 0 Å². The Hall–Kier alpha value is -1.39. The average molecular weight is 265 g/mol. The van der Waals surface area contributed by atoms with Crippen molar-refractivity contribution in [2.45, 2.75) is 39.3 Å². The fourth-order valence-electron chi connectivity index (χ4n) is 1.77. The van der Waals surface area contributed by atoms with Gasteiger partial charge in [0.1, 0.15) is 0 Å². The molecule has 0 bridgehead atoms. The van der Waals surface area contributed by atoms with Gasteiger partial charge in [-0.3, -0.25) is 4.79 Å². The van der Waals surface area contributed by atoms with E-state index in [1.807, 2.05) is 13.8 Å². The third-order valence-electron chi connectivity index (χ3n) is 2.94. The quantitative estimate of drug-likeness (QED) is 0.740. The Labute approximate surface area is 114 Å². The highest BCUT2D eigenvalue weighted by molar-refractivity contribution is 5.69. The van der Waals surface area contributed by atoms with Crippen LogP contribution in [0.15, 0.2) is 24.3 Å². The number of esters is 1. The highest BCUT2D eigenvalue weighted by Gasteiger charge is 2.13. The Morgan fingerprint density at radius 2 is 2.00 bits per heavy atom. The molecule has 0 aliphatic rings. The highest BCUT2D eigenvalue weighted by atomic mass is 16.5. The van der Waals surface area contributed by atoms with Crippen molar-refractivity contribution in [1.29, 1.82) is 0 Å². The highest BCUT2D eigenvalue weighted by Crippen LogP contribution is 2.13. The lowest BCUT2D eigenvalue weighted by atomic mass is 10.1. The van der Waals surface area contributed by atoms with Gasteiger partial charge in [0.05, 0.1) is 19.1 Å². The maximum absolute atomic E-state index is 11.2. The molecule has 4 heteroatoms. The summed E-state index contributed by atoms with van der Waals surface area (Å²) in [5, 5.41) is 12.9. The zero-order valence-electron chi connectivity index (χ0n) is 11.8. The third kappa shape index (κ3) is 5.85. The summed E-state index contributed by atoms with van der Waals surface area (Å²) in [7, 11) is 0. The molecule has 0 heterocycles. The molecule has 0 amide bonds. The summed E-state index contributed by atoms with van der Waals surface area (Å²) in [5.41, 5.74) is 2.38. The second-order valence-electron chi connectivity index (χ2n) is 4.70. The van der Waals surface area contributed by atoms with Gasteiger partial charge in [0.2, 0.25) is 0 Å². The number of benzene rings is 1. The van der Waals surface area contributed by atoms with E-state index in [1.54, 1.807) is 6.92 Å². The van der Waals surface area contributed by atoms with Crippen molar-refractivity contribution >= 4 is 5.97 Å². The first kappa shape index (κ1) is 15.7. The molecule has 0 spiro atoms. The van der Waals surface area contributed by atoms with Crippen LogP contribution in [-0.4, -0.2) is 30.3 Å². The smallest absolute Gasteiger partial charge is 0.308 e. The average Bonchev–Trinajstić information content (AvgIpc) is 2.37. The number of aryl methyl sites for hydroxylation is 1. The summed E-state index contributed by atoms with van der Waals surface area (Å²) < 4.78 is 4.79. The lowest BCUT2D eigenvalue weighted by molar-refractivity contribution is -0.145. The summed E-state index contributed by atoms with van der Waals surface area (Å²) in [4.78, 5) is 11.2. The van der Waals surface area contributed by atoms with Crippen molar-refractivity contribution in [3.8, 4) is 0 Å². The second kappa shape index (κ2) is 7.92. The summed E-state index contributed by atoms with van der Waals surface area (Å²) in [6.07, 6.45) is -0.687. The molecule has 0 saturated heterocycles. The number of carbonyl (C=O) groups is 1. The lowest BCUT2D eigenvalue weighted by Gasteiger charge is -2.17. The maximum Gasteiger partial charge on any atom is 0.308 e. The Balaban J connectivity index is 2.35. The van der Waals surface area contributed by atoms with Crippen LogP contribution in [0.2, 0.25) is 0 Å². The van der Waals surface area contributed by atoms with Crippen LogP contribution in [0.1, 0.15) is 37.4 Å². The van der Waals surface area contributed by atoms with Gasteiger partial charge < -0.3 is 15.2 Å². The minimum atomic E-state index is -0.716. The zero-order valence-corrected chi connectivity index (χ0v) is 11.8. The van der Waals surface area contributed by atoms with E-state index in [-0.39, 0.29) is 18.4 Å². The zero-order chi connectivity index (χ0) is 14.3. The van der Waals surface area contributed by atoms with E-state index in [4.69, 9.17) is 4.74 Å². The lowest BCUT2D eigenvalue weighted by Crippen LogP contribution is -2.31. The van der Waals surface area contributed by atoms with Crippen LogP contribution in [0.3, 0.4) is 0 Å². The molecule has 19 heavy (non-hydrogen) atoms. The van der Waals surface area contributed by atoms with Gasteiger partial charge in [-0.05, 0) is 26.3 Å². The van der Waals surface area contributed by atoms with Gasteiger partial charge in [0, 0.05) is 12.6 Å². The molecule has 1 unspecified atom stereocenters. The molecule has 106 valence electrons. The van der Waals surface area contributed by atoms with Crippen molar-refractivity contribution < 1.29 is 14.6 Å². The van der Waals surface area contributed by atoms with Crippen LogP contribution in [0.5, 0.6) is 0 Å². The molecule has 1 aromatic rings. The van der Waals surface area contributed by atoms with E-state index in [0.29, 0.717) is 13.2 Å². The summed E-state index contributed by atoms with van der Waals surface area (Å²) in [6.45, 7) is 6.54. The molecule has 0 aliphatic heterocycles. The fourth-order valence-corrected chi connectivity index (χ4v) is 1.77. The fraction of sp³-hybridized carbons (Fsp3) is 0.533. The number of hydrogen-bond acceptors (Lipinski definition) is 4. The molecular weight excluding hydrogens is 242 g/mol. The minimum Gasteiger partial charge on any atom is -0.466 e. The van der Waals surface area contributed by atoms with Crippen molar-refractivity contribution in [3.63, 3.8) is 0 Å². The Morgan fingerprint density at radius 3 is 2.58 bits per heavy atom. The van der Waals surface area contributed by atoms with E-state index >= 15 is 0 Å². The predicted molar refractivity (Wildman–Crippen MR) is 74.9 cm³/mol. The molecule has 0 aliphatic carbocycles. The van der Waals surface area contributed by atoms with Crippen molar-refractivity contribution in [2.75, 3.05) is 13.2 Å². The predicted octanol–water partition coefficient (Wildman–Crippen LogP) is 1.96. The molecule has 0 aromatic heterocycles. The molecule has 4 nitrogen and oxygen atoms in total. The number of hydrogen-bond donors (Lipinski definition) is 2. The van der Waals surface area contributed by atoms with E-state index < -0.39 is 6.10 Å². The first-order valence-corrected chi connectivity index (χ1v) is 6.66. The molecule has 1 rings (SSSR count). The molecule has 2 N–H and O–H groups in total. The van der Waals surface area contributed by atoms with Crippen LogP contribution in [0, 0.1) is 6.92 Å². The SMILES string of the molecule is CCOC(=O)CC(O)CN[C@H](C)c1ccc(C)cc1. The number of carbonyl (C=O) groups excluding carboxylic acids is 1.